The van der Waals surface area contributed by atoms with Gasteiger partial charge < -0.3 is 5.73 Å². The van der Waals surface area contributed by atoms with Crippen LogP contribution in [-0.4, -0.2) is 12.4 Å². The Balaban J connectivity index is 2.68. The first-order chi connectivity index (χ1) is 6.24. The van der Waals surface area contributed by atoms with Crippen LogP contribution < -0.4 is 5.73 Å². The van der Waals surface area contributed by atoms with E-state index in [-0.39, 0.29) is 12.7 Å². The van der Waals surface area contributed by atoms with Crippen molar-refractivity contribution in [1.82, 2.24) is 0 Å². The van der Waals surface area contributed by atoms with Gasteiger partial charge in [0.25, 0.3) is 0 Å². The minimum absolute atomic E-state index is 0.0472. The lowest BCUT2D eigenvalue weighted by Gasteiger charge is -2.06. The number of rotatable bonds is 4. The van der Waals surface area contributed by atoms with Crippen LogP contribution in [0, 0.1) is 0 Å². The van der Waals surface area contributed by atoms with E-state index >= 15 is 0 Å². The van der Waals surface area contributed by atoms with Crippen LogP contribution in [0.3, 0.4) is 0 Å². The van der Waals surface area contributed by atoms with E-state index in [0.29, 0.717) is 5.75 Å². The Morgan fingerprint density at radius 3 is 2.92 bits per heavy atom. The molecule has 13 heavy (non-hydrogen) atoms. The van der Waals surface area contributed by atoms with Crippen LogP contribution in [0.5, 0.6) is 0 Å². The number of benzene rings is 1. The fourth-order valence-corrected chi connectivity index (χ4v) is 1.75. The molecule has 0 amide bonds. The van der Waals surface area contributed by atoms with Crippen LogP contribution in [0.2, 0.25) is 0 Å². The summed E-state index contributed by atoms with van der Waals surface area (Å²) in [6.07, 6.45) is 0. The van der Waals surface area contributed by atoms with Crippen LogP contribution in [-0.2, 0) is 0 Å². The van der Waals surface area contributed by atoms with E-state index in [1.165, 1.54) is 11.8 Å². The molecule has 3 heteroatoms. The Morgan fingerprint density at radius 1 is 1.54 bits per heavy atom. The van der Waals surface area contributed by atoms with Crippen molar-refractivity contribution in [3.63, 3.8) is 0 Å². The maximum absolute atomic E-state index is 11.9. The summed E-state index contributed by atoms with van der Waals surface area (Å²) in [6.45, 7) is 1.66. The molecule has 0 bridgehead atoms. The maximum atomic E-state index is 11.9. The van der Waals surface area contributed by atoms with E-state index in [4.69, 9.17) is 5.73 Å². The molecule has 0 radical (unpaired) electrons. The monoisotopic (exact) mass is 199 g/mol. The molecule has 0 saturated carbocycles. The summed E-state index contributed by atoms with van der Waals surface area (Å²) in [5.74, 6) is 0.516. The lowest BCUT2D eigenvalue weighted by molar-refractivity contribution is 0.533. The summed E-state index contributed by atoms with van der Waals surface area (Å²) in [5, 5.41) is 0. The van der Waals surface area contributed by atoms with Crippen molar-refractivity contribution < 1.29 is 4.39 Å². The summed E-state index contributed by atoms with van der Waals surface area (Å²) in [5.41, 5.74) is 6.83. The molecule has 1 aromatic rings. The highest BCUT2D eigenvalue weighted by molar-refractivity contribution is 7.99. The summed E-state index contributed by atoms with van der Waals surface area (Å²) < 4.78 is 11.9. The van der Waals surface area contributed by atoms with Crippen LogP contribution in [0.15, 0.2) is 29.2 Å². The van der Waals surface area contributed by atoms with Crippen molar-refractivity contribution in [2.24, 2.45) is 5.73 Å². The zero-order chi connectivity index (χ0) is 9.68. The molecule has 0 aliphatic rings. The Bertz CT molecular complexity index is 263. The number of alkyl halides is 1. The minimum Gasteiger partial charge on any atom is -0.324 e. The smallest absolute Gasteiger partial charge is 0.0988 e. The van der Waals surface area contributed by atoms with Gasteiger partial charge in [-0.1, -0.05) is 12.1 Å². The van der Waals surface area contributed by atoms with Crippen molar-refractivity contribution in [2.45, 2.75) is 17.9 Å². The molecule has 0 heterocycles. The van der Waals surface area contributed by atoms with Crippen LogP contribution >= 0.6 is 11.8 Å². The maximum Gasteiger partial charge on any atom is 0.0988 e. The molecular formula is C10H14FNS. The molecule has 0 aliphatic carbocycles. The predicted molar refractivity (Wildman–Crippen MR) is 55.7 cm³/mol. The lowest BCUT2D eigenvalue weighted by Crippen LogP contribution is -2.04. The molecule has 1 aromatic carbocycles. The van der Waals surface area contributed by atoms with Gasteiger partial charge in [-0.25, -0.2) is 0 Å². The van der Waals surface area contributed by atoms with E-state index < -0.39 is 0 Å². The first kappa shape index (κ1) is 10.5. The van der Waals surface area contributed by atoms with E-state index in [1.807, 2.05) is 31.2 Å². The number of hydrogen-bond donors (Lipinski definition) is 1. The standard InChI is InChI=1S/C10H14FNS/c1-8(12)9-3-2-4-10(7-9)13-6-5-11/h2-4,7-8H,5-6,12H2,1H3. The second kappa shape index (κ2) is 5.25. The van der Waals surface area contributed by atoms with E-state index in [1.54, 1.807) is 0 Å². The Hall–Kier alpha value is -0.540. The van der Waals surface area contributed by atoms with Crippen molar-refractivity contribution in [3.8, 4) is 0 Å². The van der Waals surface area contributed by atoms with Gasteiger partial charge in [-0.15, -0.1) is 11.8 Å². The first-order valence-electron chi connectivity index (χ1n) is 4.28. The molecule has 2 N–H and O–H groups in total. The average molecular weight is 199 g/mol. The number of hydrogen-bond acceptors (Lipinski definition) is 2. The number of thioether (sulfide) groups is 1. The summed E-state index contributed by atoms with van der Waals surface area (Å²) in [7, 11) is 0. The molecule has 0 spiro atoms. The van der Waals surface area contributed by atoms with Crippen LogP contribution in [0.4, 0.5) is 4.39 Å². The molecule has 0 fully saturated rings. The normalized spacial score (nSPS) is 12.8. The van der Waals surface area contributed by atoms with E-state index in [0.717, 1.165) is 10.5 Å². The zero-order valence-electron chi connectivity index (χ0n) is 7.66. The third-order valence-corrected chi connectivity index (χ3v) is 2.68. The van der Waals surface area contributed by atoms with Crippen molar-refractivity contribution in [2.75, 3.05) is 12.4 Å². The van der Waals surface area contributed by atoms with Gasteiger partial charge in [0.2, 0.25) is 0 Å². The fraction of sp³-hybridized carbons (Fsp3) is 0.400. The minimum atomic E-state index is -0.285. The molecule has 0 aromatic heterocycles. The molecule has 1 atom stereocenters. The van der Waals surface area contributed by atoms with Gasteiger partial charge in [-0.2, -0.15) is 0 Å². The van der Waals surface area contributed by atoms with Crippen molar-refractivity contribution in [1.29, 1.82) is 0 Å². The Kier molecular flexibility index (Phi) is 4.25. The quantitative estimate of drug-likeness (QED) is 0.755. The van der Waals surface area contributed by atoms with E-state index in [9.17, 15) is 4.39 Å². The topological polar surface area (TPSA) is 26.0 Å². The number of nitrogens with two attached hydrogens (primary N) is 1. The third-order valence-electron chi connectivity index (χ3n) is 1.73. The molecule has 0 aliphatic heterocycles. The third kappa shape index (κ3) is 3.36. The second-order valence-electron chi connectivity index (χ2n) is 2.90. The van der Waals surface area contributed by atoms with Crippen molar-refractivity contribution in [3.05, 3.63) is 29.8 Å². The zero-order valence-corrected chi connectivity index (χ0v) is 8.48. The highest BCUT2D eigenvalue weighted by atomic mass is 32.2. The van der Waals surface area contributed by atoms with Gasteiger partial charge >= 0.3 is 0 Å². The average Bonchev–Trinajstić information content (AvgIpc) is 2.15. The van der Waals surface area contributed by atoms with Gasteiger partial charge in [0.1, 0.15) is 0 Å². The summed E-state index contributed by atoms with van der Waals surface area (Å²) in [4.78, 5) is 1.09. The Morgan fingerprint density at radius 2 is 2.31 bits per heavy atom. The van der Waals surface area contributed by atoms with Crippen LogP contribution in [0.1, 0.15) is 18.5 Å². The molecule has 1 rings (SSSR count). The fourth-order valence-electron chi connectivity index (χ4n) is 1.04. The molecule has 72 valence electrons. The van der Waals surface area contributed by atoms with Gasteiger partial charge in [0.15, 0.2) is 0 Å². The van der Waals surface area contributed by atoms with Gasteiger partial charge in [0, 0.05) is 16.7 Å². The van der Waals surface area contributed by atoms with Crippen molar-refractivity contribution >= 4 is 11.8 Å². The highest BCUT2D eigenvalue weighted by Gasteiger charge is 2.00. The second-order valence-corrected chi connectivity index (χ2v) is 4.07. The van der Waals surface area contributed by atoms with Gasteiger partial charge in [-0.3, -0.25) is 4.39 Å². The summed E-state index contributed by atoms with van der Waals surface area (Å²) in [6, 6.07) is 7.99. The summed E-state index contributed by atoms with van der Waals surface area (Å²) >= 11 is 1.52. The molecule has 1 nitrogen and oxygen atoms in total. The van der Waals surface area contributed by atoms with Gasteiger partial charge in [0.05, 0.1) is 6.67 Å². The number of halogens is 1. The highest BCUT2D eigenvalue weighted by Crippen LogP contribution is 2.21. The SMILES string of the molecule is CC(N)c1cccc(SCCF)c1. The van der Waals surface area contributed by atoms with E-state index in [2.05, 4.69) is 0 Å². The predicted octanol–water partition coefficient (Wildman–Crippen LogP) is 2.77. The first-order valence-corrected chi connectivity index (χ1v) is 5.27. The molecule has 0 saturated heterocycles. The van der Waals surface area contributed by atoms with Crippen LogP contribution in [0.25, 0.3) is 0 Å². The Labute approximate surface area is 82.5 Å². The largest absolute Gasteiger partial charge is 0.324 e. The molecular weight excluding hydrogens is 185 g/mol. The lowest BCUT2D eigenvalue weighted by atomic mass is 10.1. The van der Waals surface area contributed by atoms with Gasteiger partial charge in [-0.05, 0) is 24.6 Å². The molecule has 1 unspecified atom stereocenters.